The first-order valence-corrected chi connectivity index (χ1v) is 17.6. The number of carbonyl (C=O) groups excluding carboxylic acids is 2. The zero-order valence-corrected chi connectivity index (χ0v) is 30.1. The molecule has 0 aliphatic heterocycles. The number of anilines is 1. The first-order valence-electron chi connectivity index (χ1n) is 17.6. The average Bonchev–Trinajstić information content (AvgIpc) is 3.12. The van der Waals surface area contributed by atoms with Crippen LogP contribution in [0.1, 0.15) is 81.3 Å². The van der Waals surface area contributed by atoms with E-state index >= 15 is 0 Å². The summed E-state index contributed by atoms with van der Waals surface area (Å²) in [7, 11) is 0. The Morgan fingerprint density at radius 1 is 0.800 bits per heavy atom. The van der Waals surface area contributed by atoms with Crippen LogP contribution < -0.4 is 25.8 Å². The van der Waals surface area contributed by atoms with Crippen molar-refractivity contribution in [2.45, 2.75) is 78.9 Å². The van der Waals surface area contributed by atoms with Crippen molar-refractivity contribution in [3.63, 3.8) is 0 Å². The van der Waals surface area contributed by atoms with Crippen LogP contribution in [0.15, 0.2) is 72.8 Å². The smallest absolute Gasteiger partial charge is 0.407 e. The normalized spacial score (nSPS) is 11.1. The highest BCUT2D eigenvalue weighted by atomic mass is 16.5. The molecule has 274 valence electrons. The molecular formula is C39H56N4O7. The van der Waals surface area contributed by atoms with Gasteiger partial charge in [-0.2, -0.15) is 0 Å². The molecule has 0 fully saturated rings. The monoisotopic (exact) mass is 692 g/mol. The van der Waals surface area contributed by atoms with Crippen molar-refractivity contribution in [1.29, 1.82) is 0 Å². The number of nitrogens with two attached hydrogens (primary N) is 1. The Kier molecular flexibility index (Phi) is 20.2. The molecule has 5 N–H and O–H groups in total. The Hall–Kier alpha value is -4.77. The van der Waals surface area contributed by atoms with Gasteiger partial charge in [0.15, 0.2) is 0 Å². The van der Waals surface area contributed by atoms with Crippen molar-refractivity contribution >= 4 is 23.7 Å². The third-order valence-corrected chi connectivity index (χ3v) is 7.82. The fourth-order valence-electron chi connectivity index (χ4n) is 4.78. The predicted molar refractivity (Wildman–Crippen MR) is 198 cm³/mol. The largest absolute Gasteiger partial charge is 0.494 e. The first kappa shape index (κ1) is 41.4. The number of rotatable bonds is 22. The fraction of sp³-hybridized carbons (Fsp3) is 0.462. The van der Waals surface area contributed by atoms with E-state index in [0.29, 0.717) is 30.3 Å². The van der Waals surface area contributed by atoms with E-state index < -0.39 is 24.0 Å². The van der Waals surface area contributed by atoms with E-state index in [2.05, 4.69) is 36.3 Å². The van der Waals surface area contributed by atoms with Crippen LogP contribution in [0.5, 0.6) is 11.5 Å². The van der Waals surface area contributed by atoms with Gasteiger partial charge in [-0.05, 0) is 73.8 Å². The maximum atomic E-state index is 11.7. The minimum atomic E-state index is -1.10. The van der Waals surface area contributed by atoms with Gasteiger partial charge in [0.25, 0.3) is 5.91 Å². The molecule has 0 aromatic heterocycles. The summed E-state index contributed by atoms with van der Waals surface area (Å²) in [6.45, 7) is 13.8. The van der Waals surface area contributed by atoms with Crippen LogP contribution in [0.2, 0.25) is 0 Å². The number of alkyl carbamates (subject to hydrolysis) is 1. The lowest BCUT2D eigenvalue weighted by Gasteiger charge is -2.18. The topological polar surface area (TPSA) is 152 Å². The molecule has 0 saturated carbocycles. The van der Waals surface area contributed by atoms with E-state index in [1.165, 1.54) is 0 Å². The SMILES string of the molecule is CCCCNc1ccc(OCCCN(CC)CC)cc1C(N)=O.CCCCOC(=O)NC(Cc1ccc(OCc2ccccc2)cc1)C(=O)O. The molecule has 3 rings (SSSR count). The molecule has 0 aliphatic rings. The molecular weight excluding hydrogens is 636 g/mol. The van der Waals surface area contributed by atoms with Gasteiger partial charge in [-0.3, -0.25) is 4.79 Å². The highest BCUT2D eigenvalue weighted by molar-refractivity contribution is 5.98. The number of carboxylic acids is 1. The Morgan fingerprint density at radius 3 is 2.10 bits per heavy atom. The van der Waals surface area contributed by atoms with E-state index in [4.69, 9.17) is 19.9 Å². The van der Waals surface area contributed by atoms with Crippen LogP contribution in [-0.2, 0) is 22.6 Å². The Morgan fingerprint density at radius 2 is 1.48 bits per heavy atom. The average molecular weight is 693 g/mol. The number of benzene rings is 3. The molecule has 0 spiro atoms. The maximum absolute atomic E-state index is 11.7. The third kappa shape index (κ3) is 16.6. The van der Waals surface area contributed by atoms with Crippen LogP contribution in [-0.4, -0.2) is 73.4 Å². The lowest BCUT2D eigenvalue weighted by atomic mass is 10.1. The van der Waals surface area contributed by atoms with Crippen molar-refractivity contribution < 1.29 is 33.7 Å². The van der Waals surface area contributed by atoms with Crippen molar-refractivity contribution in [3.05, 3.63) is 89.5 Å². The van der Waals surface area contributed by atoms with Crippen molar-refractivity contribution in [1.82, 2.24) is 10.2 Å². The molecule has 11 heteroatoms. The van der Waals surface area contributed by atoms with E-state index in [-0.39, 0.29) is 13.0 Å². The highest BCUT2D eigenvalue weighted by Gasteiger charge is 2.21. The molecule has 0 radical (unpaired) electrons. The van der Waals surface area contributed by atoms with Gasteiger partial charge in [0, 0.05) is 25.2 Å². The van der Waals surface area contributed by atoms with Gasteiger partial charge in [-0.15, -0.1) is 0 Å². The summed E-state index contributed by atoms with van der Waals surface area (Å²) in [6.07, 6.45) is 4.22. The number of amides is 2. The second-order valence-corrected chi connectivity index (χ2v) is 11.7. The zero-order chi connectivity index (χ0) is 36.6. The number of carboxylic acid groups (broad SMARTS) is 1. The molecule has 2 amide bonds. The van der Waals surface area contributed by atoms with Crippen LogP contribution in [0, 0.1) is 0 Å². The van der Waals surface area contributed by atoms with E-state index in [1.54, 1.807) is 30.3 Å². The number of primary amides is 1. The standard InChI is InChI=1S/C21H25NO5.C18H31N3O2/c1-2-3-13-26-21(25)22-19(20(23)24)14-16-9-11-18(12-10-16)27-15-17-7-5-4-6-8-17;1-4-7-11-20-17-10-9-15(14-16(17)18(19)22)23-13-8-12-21(5-2)6-3/h4-12,19H,2-3,13-15H2,1H3,(H,22,25)(H,23,24);9-10,14,20H,4-8,11-13H2,1-3H3,(H2,19,22). The van der Waals surface area contributed by atoms with Gasteiger partial charge in [0.2, 0.25) is 0 Å². The van der Waals surface area contributed by atoms with E-state index in [0.717, 1.165) is 75.1 Å². The number of ether oxygens (including phenoxy) is 3. The lowest BCUT2D eigenvalue weighted by molar-refractivity contribution is -0.139. The van der Waals surface area contributed by atoms with Gasteiger partial charge >= 0.3 is 12.1 Å². The first-order chi connectivity index (χ1) is 24.2. The number of aliphatic carboxylic acids is 1. The second-order valence-electron chi connectivity index (χ2n) is 11.7. The summed E-state index contributed by atoms with van der Waals surface area (Å²) < 4.78 is 16.4. The Balaban J connectivity index is 0.000000352. The summed E-state index contributed by atoms with van der Waals surface area (Å²) in [4.78, 5) is 37.1. The van der Waals surface area contributed by atoms with Gasteiger partial charge in [-0.25, -0.2) is 9.59 Å². The van der Waals surface area contributed by atoms with Gasteiger partial charge in [0.1, 0.15) is 24.1 Å². The predicted octanol–water partition coefficient (Wildman–Crippen LogP) is 6.90. The van der Waals surface area contributed by atoms with Crippen molar-refractivity contribution in [2.24, 2.45) is 5.73 Å². The number of nitrogens with one attached hydrogen (secondary N) is 2. The number of carbonyl (C=O) groups is 3. The van der Waals surface area contributed by atoms with Crippen LogP contribution in [0.25, 0.3) is 0 Å². The molecule has 1 atom stereocenters. The molecule has 0 bridgehead atoms. The lowest BCUT2D eigenvalue weighted by Crippen LogP contribution is -2.42. The molecule has 0 aliphatic carbocycles. The van der Waals surface area contributed by atoms with Gasteiger partial charge < -0.3 is 40.6 Å². The maximum Gasteiger partial charge on any atom is 0.407 e. The minimum absolute atomic E-state index is 0.164. The van der Waals surface area contributed by atoms with Crippen molar-refractivity contribution in [2.75, 3.05) is 44.7 Å². The molecule has 3 aromatic carbocycles. The summed E-state index contributed by atoms with van der Waals surface area (Å²) in [5.41, 5.74) is 8.59. The quantitative estimate of drug-likeness (QED) is 0.0825. The number of hydrogen-bond acceptors (Lipinski definition) is 8. The van der Waals surface area contributed by atoms with Gasteiger partial charge in [0.05, 0.1) is 18.8 Å². The van der Waals surface area contributed by atoms with Crippen LogP contribution in [0.3, 0.4) is 0 Å². The van der Waals surface area contributed by atoms with Gasteiger partial charge in [-0.1, -0.05) is 83.0 Å². The molecule has 0 heterocycles. The number of hydrogen-bond donors (Lipinski definition) is 4. The minimum Gasteiger partial charge on any atom is -0.494 e. The molecule has 11 nitrogen and oxygen atoms in total. The molecule has 50 heavy (non-hydrogen) atoms. The zero-order valence-electron chi connectivity index (χ0n) is 30.1. The summed E-state index contributed by atoms with van der Waals surface area (Å²) in [5, 5.41) is 15.0. The molecule has 3 aromatic rings. The van der Waals surface area contributed by atoms with E-state index in [1.807, 2.05) is 49.4 Å². The number of nitrogens with zero attached hydrogens (tertiary/aromatic N) is 1. The Bertz CT molecular complexity index is 1400. The second kappa shape index (κ2) is 24.4. The molecule has 1 unspecified atom stereocenters. The highest BCUT2D eigenvalue weighted by Crippen LogP contribution is 2.22. The van der Waals surface area contributed by atoms with E-state index in [9.17, 15) is 19.5 Å². The summed E-state index contributed by atoms with van der Waals surface area (Å²) in [6, 6.07) is 21.4. The molecule has 0 saturated heterocycles. The number of unbranched alkanes of at least 4 members (excludes halogenated alkanes) is 2. The van der Waals surface area contributed by atoms with Crippen LogP contribution >= 0.6 is 0 Å². The fourth-order valence-corrected chi connectivity index (χ4v) is 4.78. The van der Waals surface area contributed by atoms with Crippen molar-refractivity contribution in [3.8, 4) is 11.5 Å². The summed E-state index contributed by atoms with van der Waals surface area (Å²) >= 11 is 0. The Labute approximate surface area is 297 Å². The van der Waals surface area contributed by atoms with Crippen LogP contribution in [0.4, 0.5) is 10.5 Å². The third-order valence-electron chi connectivity index (χ3n) is 7.82. The summed E-state index contributed by atoms with van der Waals surface area (Å²) in [5.74, 6) is -0.148.